The maximum atomic E-state index is 10.9. The third kappa shape index (κ3) is 2.35. The first-order valence-corrected chi connectivity index (χ1v) is 3.95. The van der Waals surface area contributed by atoms with Crippen LogP contribution in [0.3, 0.4) is 0 Å². The largest absolute Gasteiger partial charge is 0.347 e. The van der Waals surface area contributed by atoms with Gasteiger partial charge in [-0.05, 0) is 12.5 Å². The molecule has 0 unspecified atom stereocenters. The van der Waals surface area contributed by atoms with Gasteiger partial charge in [0.2, 0.25) is 0 Å². The van der Waals surface area contributed by atoms with Crippen molar-refractivity contribution in [1.82, 2.24) is 9.55 Å². The molecule has 0 saturated heterocycles. The monoisotopic (exact) mass is 172 g/mol. The van der Waals surface area contributed by atoms with Gasteiger partial charge in [0.15, 0.2) is 0 Å². The molecule has 0 aliphatic heterocycles. The van der Waals surface area contributed by atoms with E-state index in [4.69, 9.17) is 11.6 Å². The van der Waals surface area contributed by atoms with Gasteiger partial charge in [-0.25, -0.2) is 9.78 Å². The predicted octanol–water partition coefficient (Wildman–Crippen LogP) is 0.872. The van der Waals surface area contributed by atoms with E-state index >= 15 is 0 Å². The lowest BCUT2D eigenvalue weighted by atomic mass is 10.5. The van der Waals surface area contributed by atoms with Crippen LogP contribution in [-0.2, 0) is 6.54 Å². The summed E-state index contributed by atoms with van der Waals surface area (Å²) >= 11 is 5.47. The lowest BCUT2D eigenvalue weighted by Gasteiger charge is -1.99. The molecule has 0 aliphatic rings. The second kappa shape index (κ2) is 4.13. The molecule has 4 heteroatoms. The number of rotatable bonds is 3. The molecule has 0 aliphatic carbocycles. The highest BCUT2D eigenvalue weighted by Crippen LogP contribution is 1.88. The fourth-order valence-corrected chi connectivity index (χ4v) is 0.907. The molecule has 0 aromatic carbocycles. The van der Waals surface area contributed by atoms with Crippen molar-refractivity contribution < 1.29 is 0 Å². The van der Waals surface area contributed by atoms with E-state index in [1.54, 1.807) is 16.8 Å². The summed E-state index contributed by atoms with van der Waals surface area (Å²) in [5.41, 5.74) is -0.211. The van der Waals surface area contributed by atoms with E-state index in [0.717, 1.165) is 6.42 Å². The molecule has 0 saturated carbocycles. The molecule has 0 spiro atoms. The van der Waals surface area contributed by atoms with Crippen molar-refractivity contribution in [2.75, 3.05) is 5.88 Å². The van der Waals surface area contributed by atoms with Gasteiger partial charge >= 0.3 is 5.69 Å². The summed E-state index contributed by atoms with van der Waals surface area (Å²) in [5.74, 6) is 0.571. The predicted molar refractivity (Wildman–Crippen MR) is 43.8 cm³/mol. The van der Waals surface area contributed by atoms with E-state index in [2.05, 4.69) is 4.98 Å². The van der Waals surface area contributed by atoms with Crippen LogP contribution in [0.15, 0.2) is 23.3 Å². The quantitative estimate of drug-likeness (QED) is 0.635. The van der Waals surface area contributed by atoms with Crippen LogP contribution >= 0.6 is 11.6 Å². The normalized spacial score (nSPS) is 9.91. The minimum Gasteiger partial charge on any atom is -0.299 e. The standard InChI is InChI=1S/C7H9ClN2O/c8-3-1-5-10-6-2-4-9-7(10)11/h2,4,6H,1,3,5H2. The van der Waals surface area contributed by atoms with Crippen LogP contribution in [0.4, 0.5) is 0 Å². The second-order valence-electron chi connectivity index (χ2n) is 2.14. The van der Waals surface area contributed by atoms with Gasteiger partial charge in [0.25, 0.3) is 0 Å². The van der Waals surface area contributed by atoms with Crippen LogP contribution in [-0.4, -0.2) is 15.4 Å². The van der Waals surface area contributed by atoms with Crippen molar-refractivity contribution in [3.63, 3.8) is 0 Å². The topological polar surface area (TPSA) is 34.9 Å². The zero-order chi connectivity index (χ0) is 8.10. The van der Waals surface area contributed by atoms with Gasteiger partial charge < -0.3 is 0 Å². The van der Waals surface area contributed by atoms with Crippen LogP contribution in [0.25, 0.3) is 0 Å². The molecule has 1 aromatic rings. The maximum absolute atomic E-state index is 10.9. The smallest absolute Gasteiger partial charge is 0.299 e. The molecule has 11 heavy (non-hydrogen) atoms. The van der Waals surface area contributed by atoms with E-state index in [1.807, 2.05) is 0 Å². The molecule has 0 bridgehead atoms. The number of nitrogens with zero attached hydrogens (tertiary/aromatic N) is 2. The van der Waals surface area contributed by atoms with Gasteiger partial charge in [0, 0.05) is 24.8 Å². The molecule has 1 rings (SSSR count). The van der Waals surface area contributed by atoms with Gasteiger partial charge in [-0.2, -0.15) is 0 Å². The van der Waals surface area contributed by atoms with Crippen LogP contribution < -0.4 is 5.69 Å². The summed E-state index contributed by atoms with van der Waals surface area (Å²) in [6.45, 7) is 0.649. The molecule has 0 radical (unpaired) electrons. The van der Waals surface area contributed by atoms with Gasteiger partial charge in [-0.15, -0.1) is 11.6 Å². The Labute approximate surface area is 69.6 Å². The number of hydrogen-bond donors (Lipinski definition) is 0. The van der Waals surface area contributed by atoms with Crippen LogP contribution in [0.1, 0.15) is 6.42 Å². The molecule has 0 atom stereocenters. The van der Waals surface area contributed by atoms with Gasteiger partial charge in [0.1, 0.15) is 0 Å². The summed E-state index contributed by atoms with van der Waals surface area (Å²) in [6.07, 6.45) is 3.99. The summed E-state index contributed by atoms with van der Waals surface area (Å²) < 4.78 is 1.54. The van der Waals surface area contributed by atoms with E-state index in [-0.39, 0.29) is 5.69 Å². The minimum atomic E-state index is -0.211. The fourth-order valence-electron chi connectivity index (χ4n) is 0.787. The summed E-state index contributed by atoms with van der Waals surface area (Å²) in [6, 6.07) is 1.73. The van der Waals surface area contributed by atoms with E-state index < -0.39 is 0 Å². The zero-order valence-corrected chi connectivity index (χ0v) is 6.79. The first-order valence-electron chi connectivity index (χ1n) is 3.42. The van der Waals surface area contributed by atoms with Gasteiger partial charge in [-0.1, -0.05) is 0 Å². The Kier molecular flexibility index (Phi) is 3.11. The highest BCUT2D eigenvalue weighted by Gasteiger charge is 1.92. The Morgan fingerprint density at radius 2 is 2.45 bits per heavy atom. The Morgan fingerprint density at radius 1 is 1.64 bits per heavy atom. The van der Waals surface area contributed by atoms with E-state index in [1.165, 1.54) is 6.20 Å². The van der Waals surface area contributed by atoms with Crippen LogP contribution in [0.2, 0.25) is 0 Å². The molecule has 3 nitrogen and oxygen atoms in total. The van der Waals surface area contributed by atoms with Crippen molar-refractivity contribution in [3.05, 3.63) is 28.9 Å². The average Bonchev–Trinajstić information content (AvgIpc) is 2.03. The molecule has 1 heterocycles. The lowest BCUT2D eigenvalue weighted by Crippen LogP contribution is -2.21. The molecule has 0 fully saturated rings. The Bertz CT molecular complexity index is 271. The highest BCUT2D eigenvalue weighted by atomic mass is 35.5. The van der Waals surface area contributed by atoms with E-state index in [0.29, 0.717) is 12.4 Å². The first-order chi connectivity index (χ1) is 5.34. The second-order valence-corrected chi connectivity index (χ2v) is 2.52. The van der Waals surface area contributed by atoms with Crippen LogP contribution in [0, 0.1) is 0 Å². The number of alkyl halides is 1. The number of hydrogen-bond acceptors (Lipinski definition) is 2. The minimum absolute atomic E-state index is 0.211. The van der Waals surface area contributed by atoms with Crippen molar-refractivity contribution in [2.24, 2.45) is 0 Å². The maximum Gasteiger partial charge on any atom is 0.347 e. The van der Waals surface area contributed by atoms with Crippen molar-refractivity contribution >= 4 is 11.6 Å². The Morgan fingerprint density at radius 3 is 3.09 bits per heavy atom. The number of aryl methyl sites for hydroxylation is 1. The summed E-state index contributed by atoms with van der Waals surface area (Å²) in [5, 5.41) is 0. The van der Waals surface area contributed by atoms with Gasteiger partial charge in [0.05, 0.1) is 0 Å². The number of aromatic nitrogens is 2. The van der Waals surface area contributed by atoms with Crippen molar-refractivity contribution in [2.45, 2.75) is 13.0 Å². The lowest BCUT2D eigenvalue weighted by molar-refractivity contribution is 0.638. The zero-order valence-electron chi connectivity index (χ0n) is 6.03. The summed E-state index contributed by atoms with van der Waals surface area (Å²) in [4.78, 5) is 14.5. The molecule has 60 valence electrons. The SMILES string of the molecule is O=c1ncccn1CCCCl. The molecular formula is C7H9ClN2O. The van der Waals surface area contributed by atoms with Crippen molar-refractivity contribution in [1.29, 1.82) is 0 Å². The third-order valence-corrected chi connectivity index (χ3v) is 1.58. The number of halogens is 1. The molecular weight excluding hydrogens is 164 g/mol. The Balaban J connectivity index is 2.70. The Hall–Kier alpha value is -0.830. The summed E-state index contributed by atoms with van der Waals surface area (Å²) in [7, 11) is 0. The van der Waals surface area contributed by atoms with Crippen molar-refractivity contribution in [3.8, 4) is 0 Å². The highest BCUT2D eigenvalue weighted by molar-refractivity contribution is 6.17. The fraction of sp³-hybridized carbons (Fsp3) is 0.429. The molecule has 0 amide bonds. The molecule has 1 aromatic heterocycles. The third-order valence-electron chi connectivity index (χ3n) is 1.32. The first kappa shape index (κ1) is 8.27. The van der Waals surface area contributed by atoms with E-state index in [9.17, 15) is 4.79 Å². The molecule has 0 N–H and O–H groups in total. The van der Waals surface area contributed by atoms with Gasteiger partial charge in [-0.3, -0.25) is 4.57 Å². The average molecular weight is 173 g/mol. The van der Waals surface area contributed by atoms with Crippen LogP contribution in [0.5, 0.6) is 0 Å².